The van der Waals surface area contributed by atoms with Gasteiger partial charge in [0.05, 0.1) is 6.61 Å². The van der Waals surface area contributed by atoms with Gasteiger partial charge in [-0.25, -0.2) is 4.39 Å². The van der Waals surface area contributed by atoms with Crippen molar-refractivity contribution in [2.45, 2.75) is 32.4 Å². The fourth-order valence-electron chi connectivity index (χ4n) is 3.32. The van der Waals surface area contributed by atoms with E-state index >= 15 is 0 Å². The molecule has 0 saturated carbocycles. The number of anilines is 1. The molecule has 25 heavy (non-hydrogen) atoms. The number of nitrogens with zero attached hydrogens (tertiary/aromatic N) is 1. The van der Waals surface area contributed by atoms with Gasteiger partial charge in [0.2, 0.25) is 0 Å². The van der Waals surface area contributed by atoms with E-state index in [0.717, 1.165) is 43.7 Å². The molecule has 1 aliphatic heterocycles. The molecular formula is C20H25FN2O2. The van der Waals surface area contributed by atoms with Gasteiger partial charge in [-0.1, -0.05) is 12.1 Å². The zero-order valence-electron chi connectivity index (χ0n) is 14.5. The standard InChI is InChI=1S/C20H25FN2O2/c1-2-25-20-11-15(8-9-19(20)24)13-23-10-4-7-18(14-23)22-17-6-3-5-16(21)12-17/h3,5-6,8-9,11-12,18,22,24H,2,4,7,10,13-14H2,1H3/t18-/m0/s1. The summed E-state index contributed by atoms with van der Waals surface area (Å²) in [6, 6.07) is 12.4. The summed E-state index contributed by atoms with van der Waals surface area (Å²) in [6.45, 7) is 5.18. The maximum atomic E-state index is 13.3. The van der Waals surface area contributed by atoms with Crippen molar-refractivity contribution in [3.8, 4) is 11.5 Å². The summed E-state index contributed by atoms with van der Waals surface area (Å²) in [5.41, 5.74) is 1.95. The van der Waals surface area contributed by atoms with E-state index < -0.39 is 0 Å². The highest BCUT2D eigenvalue weighted by Crippen LogP contribution is 2.28. The van der Waals surface area contributed by atoms with E-state index in [4.69, 9.17) is 4.74 Å². The molecule has 1 aliphatic rings. The number of nitrogens with one attached hydrogen (secondary N) is 1. The highest BCUT2D eigenvalue weighted by atomic mass is 19.1. The lowest BCUT2D eigenvalue weighted by atomic mass is 10.0. The lowest BCUT2D eigenvalue weighted by Gasteiger charge is -2.33. The molecule has 0 radical (unpaired) electrons. The van der Waals surface area contributed by atoms with E-state index in [1.807, 2.05) is 25.1 Å². The van der Waals surface area contributed by atoms with Crippen LogP contribution in [0.3, 0.4) is 0 Å². The monoisotopic (exact) mass is 344 g/mol. The Hall–Kier alpha value is -2.27. The van der Waals surface area contributed by atoms with Crippen LogP contribution < -0.4 is 10.1 Å². The number of ether oxygens (including phenoxy) is 1. The van der Waals surface area contributed by atoms with E-state index in [2.05, 4.69) is 10.2 Å². The molecule has 1 heterocycles. The molecule has 2 N–H and O–H groups in total. The van der Waals surface area contributed by atoms with Crippen molar-refractivity contribution < 1.29 is 14.2 Å². The van der Waals surface area contributed by atoms with Crippen LogP contribution in [-0.4, -0.2) is 35.7 Å². The van der Waals surface area contributed by atoms with Crippen LogP contribution in [-0.2, 0) is 6.54 Å². The minimum absolute atomic E-state index is 0.176. The van der Waals surface area contributed by atoms with E-state index in [1.54, 1.807) is 12.1 Å². The quantitative estimate of drug-likeness (QED) is 0.831. The Morgan fingerprint density at radius 3 is 2.96 bits per heavy atom. The zero-order valence-corrected chi connectivity index (χ0v) is 14.5. The van der Waals surface area contributed by atoms with Crippen molar-refractivity contribution in [1.82, 2.24) is 4.90 Å². The first kappa shape index (κ1) is 17.5. The predicted octanol–water partition coefficient (Wildman–Crippen LogP) is 4.01. The molecule has 0 spiro atoms. The lowest BCUT2D eigenvalue weighted by molar-refractivity contribution is 0.208. The molecule has 0 amide bonds. The summed E-state index contributed by atoms with van der Waals surface area (Å²) >= 11 is 0. The number of piperidine rings is 1. The SMILES string of the molecule is CCOc1cc(CN2CCC[C@H](Nc3cccc(F)c3)C2)ccc1O. The number of likely N-dealkylation sites (tertiary alicyclic amines) is 1. The second-order valence-corrected chi connectivity index (χ2v) is 6.46. The van der Waals surface area contributed by atoms with Gasteiger partial charge < -0.3 is 15.2 Å². The Kier molecular flexibility index (Phi) is 5.76. The number of hydrogen-bond donors (Lipinski definition) is 2. The van der Waals surface area contributed by atoms with Crippen LogP contribution in [0.4, 0.5) is 10.1 Å². The van der Waals surface area contributed by atoms with Gasteiger partial charge in [-0.15, -0.1) is 0 Å². The Bertz CT molecular complexity index is 708. The minimum Gasteiger partial charge on any atom is -0.504 e. The molecule has 2 aromatic carbocycles. The summed E-state index contributed by atoms with van der Waals surface area (Å²) in [6.07, 6.45) is 2.18. The molecule has 1 fully saturated rings. The molecule has 0 bridgehead atoms. The zero-order chi connectivity index (χ0) is 17.6. The van der Waals surface area contributed by atoms with Gasteiger partial charge >= 0.3 is 0 Å². The molecule has 0 aromatic heterocycles. The molecule has 5 heteroatoms. The molecule has 2 aromatic rings. The van der Waals surface area contributed by atoms with Crippen molar-refractivity contribution in [3.63, 3.8) is 0 Å². The van der Waals surface area contributed by atoms with E-state index in [0.29, 0.717) is 18.4 Å². The topological polar surface area (TPSA) is 44.7 Å². The van der Waals surface area contributed by atoms with E-state index in [1.165, 1.54) is 12.1 Å². The van der Waals surface area contributed by atoms with E-state index in [9.17, 15) is 9.50 Å². The number of rotatable bonds is 6. The van der Waals surface area contributed by atoms with Crippen molar-refractivity contribution >= 4 is 5.69 Å². The van der Waals surface area contributed by atoms with Gasteiger partial charge in [-0.2, -0.15) is 0 Å². The molecule has 4 nitrogen and oxygen atoms in total. The first-order valence-corrected chi connectivity index (χ1v) is 8.83. The van der Waals surface area contributed by atoms with Crippen LogP contribution in [0.1, 0.15) is 25.3 Å². The Labute approximate surface area is 148 Å². The Morgan fingerprint density at radius 2 is 2.16 bits per heavy atom. The summed E-state index contributed by atoms with van der Waals surface area (Å²) in [4.78, 5) is 2.38. The third kappa shape index (κ3) is 4.86. The Balaban J connectivity index is 1.61. The number of benzene rings is 2. The smallest absolute Gasteiger partial charge is 0.161 e. The summed E-state index contributed by atoms with van der Waals surface area (Å²) in [5, 5.41) is 13.3. The van der Waals surface area contributed by atoms with E-state index in [-0.39, 0.29) is 11.6 Å². The molecule has 0 aliphatic carbocycles. The van der Waals surface area contributed by atoms with Crippen LogP contribution in [0.15, 0.2) is 42.5 Å². The number of phenols is 1. The second-order valence-electron chi connectivity index (χ2n) is 6.46. The average molecular weight is 344 g/mol. The fourth-order valence-corrected chi connectivity index (χ4v) is 3.32. The largest absolute Gasteiger partial charge is 0.504 e. The maximum absolute atomic E-state index is 13.3. The van der Waals surface area contributed by atoms with Crippen LogP contribution in [0, 0.1) is 5.82 Å². The van der Waals surface area contributed by atoms with Crippen molar-refractivity contribution in [3.05, 3.63) is 53.8 Å². The number of hydrogen-bond acceptors (Lipinski definition) is 4. The van der Waals surface area contributed by atoms with Crippen LogP contribution >= 0.6 is 0 Å². The first-order valence-electron chi connectivity index (χ1n) is 8.83. The predicted molar refractivity (Wildman–Crippen MR) is 97.6 cm³/mol. The highest BCUT2D eigenvalue weighted by Gasteiger charge is 2.20. The third-order valence-corrected chi connectivity index (χ3v) is 4.43. The van der Waals surface area contributed by atoms with Gasteiger partial charge in [-0.05, 0) is 62.2 Å². The number of halogens is 1. The lowest BCUT2D eigenvalue weighted by Crippen LogP contribution is -2.41. The summed E-state index contributed by atoms with van der Waals surface area (Å²) in [5.74, 6) is 0.492. The molecule has 0 unspecified atom stereocenters. The fraction of sp³-hybridized carbons (Fsp3) is 0.400. The number of phenolic OH excluding ortho intramolecular Hbond substituents is 1. The summed E-state index contributed by atoms with van der Waals surface area (Å²) < 4.78 is 18.8. The molecular weight excluding hydrogens is 319 g/mol. The average Bonchev–Trinajstić information content (AvgIpc) is 2.58. The van der Waals surface area contributed by atoms with Crippen molar-refractivity contribution in [2.24, 2.45) is 0 Å². The first-order chi connectivity index (χ1) is 12.1. The summed E-state index contributed by atoms with van der Waals surface area (Å²) in [7, 11) is 0. The van der Waals surface area contributed by atoms with Gasteiger partial charge in [0, 0.05) is 24.8 Å². The number of aromatic hydroxyl groups is 1. The normalized spacial score (nSPS) is 18.1. The van der Waals surface area contributed by atoms with Crippen molar-refractivity contribution in [1.29, 1.82) is 0 Å². The molecule has 1 atom stereocenters. The molecule has 3 rings (SSSR count). The van der Waals surface area contributed by atoms with Gasteiger partial charge in [-0.3, -0.25) is 4.90 Å². The van der Waals surface area contributed by atoms with Gasteiger partial charge in [0.1, 0.15) is 5.82 Å². The molecule has 1 saturated heterocycles. The van der Waals surface area contributed by atoms with Crippen molar-refractivity contribution in [2.75, 3.05) is 25.0 Å². The molecule has 134 valence electrons. The van der Waals surface area contributed by atoms with Crippen LogP contribution in [0.25, 0.3) is 0 Å². The maximum Gasteiger partial charge on any atom is 0.161 e. The van der Waals surface area contributed by atoms with Crippen LogP contribution in [0.5, 0.6) is 11.5 Å². The van der Waals surface area contributed by atoms with Gasteiger partial charge in [0.15, 0.2) is 11.5 Å². The second kappa shape index (κ2) is 8.21. The van der Waals surface area contributed by atoms with Crippen LogP contribution in [0.2, 0.25) is 0 Å². The third-order valence-electron chi connectivity index (χ3n) is 4.43. The van der Waals surface area contributed by atoms with Gasteiger partial charge in [0.25, 0.3) is 0 Å². The highest BCUT2D eigenvalue weighted by molar-refractivity contribution is 5.44. The minimum atomic E-state index is -0.217. The Morgan fingerprint density at radius 1 is 1.28 bits per heavy atom.